The number of hydrogen-bond acceptors (Lipinski definition) is 2. The van der Waals surface area contributed by atoms with Gasteiger partial charge in [-0.25, -0.2) is 0 Å². The van der Waals surface area contributed by atoms with Gasteiger partial charge in [-0.2, -0.15) is 13.2 Å². The molecule has 0 radical (unpaired) electrons. The van der Waals surface area contributed by atoms with Crippen molar-refractivity contribution in [2.75, 3.05) is 13.2 Å². The molecule has 1 atom stereocenters. The molecule has 0 aromatic carbocycles. The average molecular weight is 304 g/mol. The molecule has 1 aromatic heterocycles. The monoisotopic (exact) mass is 304 g/mol. The molecule has 0 aliphatic heterocycles. The number of halogens is 3. The first kappa shape index (κ1) is 16.4. The molecule has 21 heavy (non-hydrogen) atoms. The molecule has 1 aliphatic rings. The Morgan fingerprint density at radius 1 is 1.33 bits per heavy atom. The van der Waals surface area contributed by atoms with Gasteiger partial charge in [-0.05, 0) is 43.4 Å². The minimum absolute atomic E-state index is 0.0486. The molecular weight excluding hydrogens is 281 g/mol. The summed E-state index contributed by atoms with van der Waals surface area (Å²) in [5.74, 6) is 0. The molecule has 120 valence electrons. The van der Waals surface area contributed by atoms with E-state index in [1.54, 1.807) is 4.57 Å². The summed E-state index contributed by atoms with van der Waals surface area (Å²) in [7, 11) is 0. The van der Waals surface area contributed by atoms with Crippen LogP contribution in [-0.4, -0.2) is 23.9 Å². The van der Waals surface area contributed by atoms with Crippen LogP contribution in [0.1, 0.15) is 49.8 Å². The molecule has 2 rings (SSSR count). The summed E-state index contributed by atoms with van der Waals surface area (Å²) in [5.41, 5.74) is 2.45. The maximum absolute atomic E-state index is 12.1. The first-order valence-electron chi connectivity index (χ1n) is 7.56. The Kier molecular flexibility index (Phi) is 5.70. The largest absolute Gasteiger partial charge is 0.411 e. The number of nitrogens with zero attached hydrogens (tertiary/aromatic N) is 1. The van der Waals surface area contributed by atoms with Crippen LogP contribution in [-0.2, 0) is 17.9 Å². The fourth-order valence-electron chi connectivity index (χ4n) is 2.79. The molecule has 1 aliphatic carbocycles. The number of aromatic nitrogens is 1. The molecule has 1 heterocycles. The SMILES string of the molecule is CCCNC1CCCCc2cn(COCC(F)(F)F)cc21. The third-order valence-electron chi connectivity index (χ3n) is 3.71. The Morgan fingerprint density at radius 2 is 2.14 bits per heavy atom. The van der Waals surface area contributed by atoms with Crippen LogP contribution in [0.5, 0.6) is 0 Å². The van der Waals surface area contributed by atoms with Crippen molar-refractivity contribution in [3.63, 3.8) is 0 Å². The average Bonchev–Trinajstić information content (AvgIpc) is 2.71. The third kappa shape index (κ3) is 5.04. The molecule has 1 N–H and O–H groups in total. The lowest BCUT2D eigenvalue weighted by Crippen LogP contribution is -2.22. The molecule has 6 heteroatoms. The summed E-state index contributed by atoms with van der Waals surface area (Å²) in [5, 5.41) is 3.53. The van der Waals surface area contributed by atoms with Gasteiger partial charge < -0.3 is 14.6 Å². The van der Waals surface area contributed by atoms with Gasteiger partial charge in [0.15, 0.2) is 0 Å². The number of nitrogens with one attached hydrogen (secondary N) is 1. The van der Waals surface area contributed by atoms with E-state index >= 15 is 0 Å². The van der Waals surface area contributed by atoms with Gasteiger partial charge in [0.2, 0.25) is 0 Å². The van der Waals surface area contributed by atoms with E-state index in [-0.39, 0.29) is 6.73 Å². The Balaban J connectivity index is 1.99. The smallest absolute Gasteiger partial charge is 0.351 e. The predicted molar refractivity (Wildman–Crippen MR) is 75.0 cm³/mol. The van der Waals surface area contributed by atoms with Crippen LogP contribution in [0.15, 0.2) is 12.4 Å². The molecule has 0 amide bonds. The topological polar surface area (TPSA) is 26.2 Å². The highest BCUT2D eigenvalue weighted by atomic mass is 19.4. The van der Waals surface area contributed by atoms with Crippen molar-refractivity contribution < 1.29 is 17.9 Å². The van der Waals surface area contributed by atoms with Crippen LogP contribution >= 0.6 is 0 Å². The second kappa shape index (κ2) is 7.31. The van der Waals surface area contributed by atoms with Gasteiger partial charge in [0, 0.05) is 18.4 Å². The predicted octanol–water partition coefficient (Wildman–Crippen LogP) is 3.79. The highest BCUT2D eigenvalue weighted by Gasteiger charge is 2.27. The van der Waals surface area contributed by atoms with Crippen molar-refractivity contribution in [2.45, 2.75) is 58.0 Å². The number of fused-ring (bicyclic) bond motifs is 1. The first-order chi connectivity index (χ1) is 9.99. The van der Waals surface area contributed by atoms with Crippen molar-refractivity contribution in [3.05, 3.63) is 23.5 Å². The fraction of sp³-hybridized carbons (Fsp3) is 0.733. The zero-order chi connectivity index (χ0) is 15.3. The van der Waals surface area contributed by atoms with E-state index in [1.807, 2.05) is 12.4 Å². The highest BCUT2D eigenvalue weighted by molar-refractivity contribution is 5.29. The Morgan fingerprint density at radius 3 is 2.86 bits per heavy atom. The molecule has 0 spiro atoms. The Hall–Kier alpha value is -1.01. The Labute approximate surface area is 123 Å². The van der Waals surface area contributed by atoms with E-state index < -0.39 is 12.8 Å². The van der Waals surface area contributed by atoms with Crippen molar-refractivity contribution in [3.8, 4) is 0 Å². The highest BCUT2D eigenvalue weighted by Crippen LogP contribution is 2.29. The van der Waals surface area contributed by atoms with Gasteiger partial charge in [0.05, 0.1) is 0 Å². The second-order valence-electron chi connectivity index (χ2n) is 5.60. The number of hydrogen-bond donors (Lipinski definition) is 1. The third-order valence-corrected chi connectivity index (χ3v) is 3.71. The molecule has 0 saturated heterocycles. The summed E-state index contributed by atoms with van der Waals surface area (Å²) in [6, 6.07) is 0.311. The van der Waals surface area contributed by atoms with Crippen molar-refractivity contribution >= 4 is 0 Å². The number of ether oxygens (including phenoxy) is 1. The fourth-order valence-corrected chi connectivity index (χ4v) is 2.79. The maximum atomic E-state index is 12.1. The summed E-state index contributed by atoms with van der Waals surface area (Å²) in [6.07, 6.45) is 5.05. The van der Waals surface area contributed by atoms with Crippen LogP contribution < -0.4 is 5.32 Å². The Bertz CT molecular complexity index is 443. The van der Waals surface area contributed by atoms with E-state index in [4.69, 9.17) is 4.74 Å². The van der Waals surface area contributed by atoms with Crippen LogP contribution in [0.2, 0.25) is 0 Å². The molecule has 1 unspecified atom stereocenters. The van der Waals surface area contributed by atoms with Crippen LogP contribution in [0.3, 0.4) is 0 Å². The summed E-state index contributed by atoms with van der Waals surface area (Å²) in [6.45, 7) is 1.83. The van der Waals surface area contributed by atoms with Gasteiger partial charge in [0.1, 0.15) is 13.3 Å². The lowest BCUT2D eigenvalue weighted by Gasteiger charge is -2.16. The molecule has 3 nitrogen and oxygen atoms in total. The van der Waals surface area contributed by atoms with Gasteiger partial charge >= 0.3 is 6.18 Å². The van der Waals surface area contributed by atoms with E-state index in [9.17, 15) is 13.2 Å². The van der Waals surface area contributed by atoms with Gasteiger partial charge in [-0.15, -0.1) is 0 Å². The van der Waals surface area contributed by atoms with Crippen molar-refractivity contribution in [2.24, 2.45) is 0 Å². The molecule has 0 saturated carbocycles. The molecular formula is C15H23F3N2O. The van der Waals surface area contributed by atoms with Crippen molar-refractivity contribution in [1.82, 2.24) is 9.88 Å². The lowest BCUT2D eigenvalue weighted by molar-refractivity contribution is -0.181. The minimum Gasteiger partial charge on any atom is -0.351 e. The van der Waals surface area contributed by atoms with Crippen molar-refractivity contribution in [1.29, 1.82) is 0 Å². The lowest BCUT2D eigenvalue weighted by atomic mass is 10.0. The van der Waals surface area contributed by atoms with Crippen LogP contribution in [0, 0.1) is 0 Å². The van der Waals surface area contributed by atoms with E-state index in [2.05, 4.69) is 12.2 Å². The van der Waals surface area contributed by atoms with E-state index in [0.717, 1.165) is 32.2 Å². The summed E-state index contributed by atoms with van der Waals surface area (Å²) in [4.78, 5) is 0. The number of aryl methyl sites for hydroxylation is 1. The van der Waals surface area contributed by atoms with Crippen LogP contribution in [0.25, 0.3) is 0 Å². The molecule has 1 aromatic rings. The van der Waals surface area contributed by atoms with Crippen LogP contribution in [0.4, 0.5) is 13.2 Å². The minimum atomic E-state index is -4.27. The maximum Gasteiger partial charge on any atom is 0.411 e. The number of rotatable bonds is 6. The van der Waals surface area contributed by atoms with E-state index in [0.29, 0.717) is 6.04 Å². The normalized spacial score (nSPS) is 19.3. The molecule has 0 fully saturated rings. The zero-order valence-corrected chi connectivity index (χ0v) is 12.4. The zero-order valence-electron chi connectivity index (χ0n) is 12.4. The van der Waals surface area contributed by atoms with E-state index in [1.165, 1.54) is 17.5 Å². The number of alkyl halides is 3. The van der Waals surface area contributed by atoms with Gasteiger partial charge in [-0.1, -0.05) is 13.3 Å². The van der Waals surface area contributed by atoms with Gasteiger partial charge in [0.25, 0.3) is 0 Å². The quantitative estimate of drug-likeness (QED) is 0.809. The summed E-state index contributed by atoms with van der Waals surface area (Å²) < 4.78 is 42.7. The first-order valence-corrected chi connectivity index (χ1v) is 7.56. The van der Waals surface area contributed by atoms with Gasteiger partial charge in [-0.3, -0.25) is 0 Å². The molecule has 0 bridgehead atoms. The standard InChI is InChI=1S/C15H23F3N2O/c1-2-7-19-14-6-4-3-5-12-8-20(9-13(12)14)11-21-10-15(16,17)18/h8-9,14,19H,2-7,10-11H2,1H3. The summed E-state index contributed by atoms with van der Waals surface area (Å²) >= 11 is 0. The second-order valence-corrected chi connectivity index (χ2v) is 5.60.